The number of carbonyl (C=O) groups excluding carboxylic acids is 1. The topological polar surface area (TPSA) is 65.4 Å². The molecule has 5 nitrogen and oxygen atoms in total. The second-order valence-corrected chi connectivity index (χ2v) is 7.36. The zero-order valence-corrected chi connectivity index (χ0v) is 15.9. The summed E-state index contributed by atoms with van der Waals surface area (Å²) in [6.45, 7) is 10.1. The van der Waals surface area contributed by atoms with Gasteiger partial charge in [-0.1, -0.05) is 30.3 Å². The molecule has 25 heavy (non-hydrogen) atoms. The fourth-order valence-corrected chi connectivity index (χ4v) is 2.45. The van der Waals surface area contributed by atoms with Crippen LogP contribution in [0.1, 0.15) is 52.5 Å². The first-order valence-corrected chi connectivity index (χ1v) is 8.93. The number of nitriles is 1. The van der Waals surface area contributed by atoms with Crippen LogP contribution < -0.4 is 5.32 Å². The van der Waals surface area contributed by atoms with E-state index in [-0.39, 0.29) is 12.1 Å². The summed E-state index contributed by atoms with van der Waals surface area (Å²) in [5.41, 5.74) is 0.771. The van der Waals surface area contributed by atoms with E-state index in [0.29, 0.717) is 6.42 Å². The van der Waals surface area contributed by atoms with E-state index >= 15 is 0 Å². The van der Waals surface area contributed by atoms with Gasteiger partial charge in [0, 0.05) is 25.6 Å². The van der Waals surface area contributed by atoms with E-state index in [2.05, 4.69) is 28.4 Å². The van der Waals surface area contributed by atoms with Gasteiger partial charge in [0.25, 0.3) is 0 Å². The van der Waals surface area contributed by atoms with E-state index in [9.17, 15) is 4.79 Å². The highest BCUT2D eigenvalue weighted by molar-refractivity contribution is 5.67. The Morgan fingerprint density at radius 2 is 1.96 bits per heavy atom. The summed E-state index contributed by atoms with van der Waals surface area (Å²) in [6, 6.07) is 12.5. The molecule has 1 rings (SSSR count). The smallest absolute Gasteiger partial charge is 0.407 e. The SMILES string of the molecule is C[C@H](CCN(CCCC#N)Cc1ccccc1)NC(=O)OC(C)(C)C. The van der Waals surface area contributed by atoms with Gasteiger partial charge in [-0.25, -0.2) is 4.79 Å². The Morgan fingerprint density at radius 1 is 1.28 bits per heavy atom. The molecule has 1 N–H and O–H groups in total. The molecule has 0 aromatic heterocycles. The van der Waals surface area contributed by atoms with Gasteiger partial charge in [-0.05, 0) is 52.6 Å². The lowest BCUT2D eigenvalue weighted by Crippen LogP contribution is -2.39. The van der Waals surface area contributed by atoms with Crippen LogP contribution in [-0.4, -0.2) is 35.7 Å². The van der Waals surface area contributed by atoms with Gasteiger partial charge < -0.3 is 10.1 Å². The minimum atomic E-state index is -0.486. The first kappa shape index (κ1) is 21.0. The van der Waals surface area contributed by atoms with Gasteiger partial charge in [-0.3, -0.25) is 4.90 Å². The van der Waals surface area contributed by atoms with E-state index < -0.39 is 5.60 Å². The molecule has 0 aliphatic heterocycles. The Morgan fingerprint density at radius 3 is 2.56 bits per heavy atom. The van der Waals surface area contributed by atoms with Crippen LogP contribution in [0.5, 0.6) is 0 Å². The number of hydrogen-bond acceptors (Lipinski definition) is 4. The molecule has 0 radical (unpaired) electrons. The standard InChI is InChI=1S/C20H31N3O2/c1-17(22-19(24)25-20(2,3)4)12-15-23(14-9-8-13-21)16-18-10-6-5-7-11-18/h5-7,10-11,17H,8-9,12,14-16H2,1-4H3,(H,22,24)/t17-/m1/s1. The van der Waals surface area contributed by atoms with Crippen LogP contribution in [0, 0.1) is 11.3 Å². The molecule has 1 aromatic rings. The third-order valence-electron chi connectivity index (χ3n) is 3.65. The molecule has 5 heteroatoms. The molecule has 0 spiro atoms. The number of amides is 1. The lowest BCUT2D eigenvalue weighted by atomic mass is 10.1. The molecule has 0 unspecified atom stereocenters. The number of unbranched alkanes of at least 4 members (excludes halogenated alkanes) is 1. The number of benzene rings is 1. The molecule has 0 saturated heterocycles. The van der Waals surface area contributed by atoms with Gasteiger partial charge in [0.05, 0.1) is 6.07 Å². The lowest BCUT2D eigenvalue weighted by molar-refractivity contribution is 0.0503. The zero-order valence-electron chi connectivity index (χ0n) is 15.9. The van der Waals surface area contributed by atoms with E-state index in [0.717, 1.165) is 32.5 Å². The average Bonchev–Trinajstić information content (AvgIpc) is 2.51. The average molecular weight is 345 g/mol. The number of hydrogen-bond donors (Lipinski definition) is 1. The largest absolute Gasteiger partial charge is 0.444 e. The van der Waals surface area contributed by atoms with E-state index in [1.165, 1.54) is 5.56 Å². The van der Waals surface area contributed by atoms with Crippen LogP contribution >= 0.6 is 0 Å². The first-order valence-electron chi connectivity index (χ1n) is 8.93. The maximum Gasteiger partial charge on any atom is 0.407 e. The number of nitrogens with one attached hydrogen (secondary N) is 1. The summed E-state index contributed by atoms with van der Waals surface area (Å²) < 4.78 is 5.29. The predicted molar refractivity (Wildman–Crippen MR) is 100 cm³/mol. The second kappa shape index (κ2) is 10.7. The Bertz CT molecular complexity index is 546. The van der Waals surface area contributed by atoms with Gasteiger partial charge in [-0.2, -0.15) is 5.26 Å². The van der Waals surface area contributed by atoms with Gasteiger partial charge in [0.2, 0.25) is 0 Å². The van der Waals surface area contributed by atoms with Crippen molar-refractivity contribution in [2.24, 2.45) is 0 Å². The maximum absolute atomic E-state index is 11.8. The van der Waals surface area contributed by atoms with Crippen molar-refractivity contribution in [3.63, 3.8) is 0 Å². The summed E-state index contributed by atoms with van der Waals surface area (Å²) in [6.07, 6.45) is 1.88. The van der Waals surface area contributed by atoms with E-state index in [1.807, 2.05) is 45.9 Å². The fraction of sp³-hybridized carbons (Fsp3) is 0.600. The Hall–Kier alpha value is -2.06. The number of alkyl carbamates (subject to hydrolysis) is 1. The molecule has 1 aromatic carbocycles. The molecule has 138 valence electrons. The van der Waals surface area contributed by atoms with Crippen molar-refractivity contribution in [2.45, 2.75) is 65.1 Å². The van der Waals surface area contributed by atoms with Gasteiger partial charge in [-0.15, -0.1) is 0 Å². The minimum Gasteiger partial charge on any atom is -0.444 e. The normalized spacial score (nSPS) is 12.5. The predicted octanol–water partition coefficient (Wildman–Crippen LogP) is 4.10. The van der Waals surface area contributed by atoms with E-state index in [1.54, 1.807) is 0 Å². The highest BCUT2D eigenvalue weighted by Crippen LogP contribution is 2.09. The van der Waals surface area contributed by atoms with Crippen molar-refractivity contribution in [1.29, 1.82) is 5.26 Å². The van der Waals surface area contributed by atoms with Crippen molar-refractivity contribution >= 4 is 6.09 Å². The Labute approximate surface area is 152 Å². The lowest BCUT2D eigenvalue weighted by Gasteiger charge is -2.25. The molecular formula is C20H31N3O2. The van der Waals surface area contributed by atoms with Crippen LogP contribution in [0.4, 0.5) is 4.79 Å². The van der Waals surface area contributed by atoms with Gasteiger partial charge in [0.15, 0.2) is 0 Å². The van der Waals surface area contributed by atoms with Crippen molar-refractivity contribution in [2.75, 3.05) is 13.1 Å². The van der Waals surface area contributed by atoms with Crippen molar-refractivity contribution in [3.8, 4) is 6.07 Å². The van der Waals surface area contributed by atoms with Crippen LogP contribution in [-0.2, 0) is 11.3 Å². The maximum atomic E-state index is 11.8. The number of carbonyl (C=O) groups is 1. The zero-order chi connectivity index (χ0) is 18.7. The summed E-state index contributed by atoms with van der Waals surface area (Å²) in [5.74, 6) is 0. The molecule has 1 atom stereocenters. The Kier molecular flexibility index (Phi) is 9.01. The van der Waals surface area contributed by atoms with Crippen LogP contribution in [0.25, 0.3) is 0 Å². The van der Waals surface area contributed by atoms with Crippen molar-refractivity contribution < 1.29 is 9.53 Å². The highest BCUT2D eigenvalue weighted by atomic mass is 16.6. The van der Waals surface area contributed by atoms with Crippen molar-refractivity contribution in [3.05, 3.63) is 35.9 Å². The van der Waals surface area contributed by atoms with Crippen LogP contribution in [0.15, 0.2) is 30.3 Å². The molecular weight excluding hydrogens is 314 g/mol. The van der Waals surface area contributed by atoms with Crippen LogP contribution in [0.3, 0.4) is 0 Å². The molecule has 0 heterocycles. The third kappa shape index (κ3) is 10.4. The number of rotatable bonds is 9. The molecule has 0 aliphatic carbocycles. The summed E-state index contributed by atoms with van der Waals surface area (Å²) >= 11 is 0. The quantitative estimate of drug-likeness (QED) is 0.685. The summed E-state index contributed by atoms with van der Waals surface area (Å²) in [5, 5.41) is 11.6. The number of ether oxygens (including phenoxy) is 1. The van der Waals surface area contributed by atoms with Crippen LogP contribution in [0.2, 0.25) is 0 Å². The monoisotopic (exact) mass is 345 g/mol. The van der Waals surface area contributed by atoms with Gasteiger partial charge in [0.1, 0.15) is 5.60 Å². The molecule has 0 bridgehead atoms. The first-order chi connectivity index (χ1) is 11.8. The molecule has 1 amide bonds. The van der Waals surface area contributed by atoms with Gasteiger partial charge >= 0.3 is 6.09 Å². The molecule has 0 fully saturated rings. The minimum absolute atomic E-state index is 0.0316. The molecule has 0 aliphatic rings. The summed E-state index contributed by atoms with van der Waals surface area (Å²) in [7, 11) is 0. The second-order valence-electron chi connectivity index (χ2n) is 7.36. The number of nitrogens with zero attached hydrogens (tertiary/aromatic N) is 2. The highest BCUT2D eigenvalue weighted by Gasteiger charge is 2.18. The van der Waals surface area contributed by atoms with Crippen molar-refractivity contribution in [1.82, 2.24) is 10.2 Å². The third-order valence-corrected chi connectivity index (χ3v) is 3.65. The van der Waals surface area contributed by atoms with E-state index in [4.69, 9.17) is 10.00 Å². The molecule has 0 saturated carbocycles. The fourth-order valence-electron chi connectivity index (χ4n) is 2.45. The summed E-state index contributed by atoms with van der Waals surface area (Å²) in [4.78, 5) is 14.2. The Balaban J connectivity index is 2.47.